The van der Waals surface area contributed by atoms with E-state index in [1.54, 1.807) is 0 Å². The van der Waals surface area contributed by atoms with Crippen molar-refractivity contribution < 1.29 is 0 Å². The first-order valence-electron chi connectivity index (χ1n) is 8.75. The summed E-state index contributed by atoms with van der Waals surface area (Å²) in [5, 5.41) is 0. The van der Waals surface area contributed by atoms with Crippen molar-refractivity contribution in [3.63, 3.8) is 0 Å². The summed E-state index contributed by atoms with van der Waals surface area (Å²) in [6, 6.07) is 17.3. The molecule has 0 fully saturated rings. The van der Waals surface area contributed by atoms with E-state index in [9.17, 15) is 0 Å². The predicted octanol–water partition coefficient (Wildman–Crippen LogP) is 6.68. The molecule has 0 amide bonds. The highest BCUT2D eigenvalue weighted by atomic mass is 28.3. The first-order valence-corrected chi connectivity index (χ1v) is 11.9. The summed E-state index contributed by atoms with van der Waals surface area (Å²) in [6.07, 6.45) is 0. The molecule has 0 aromatic heterocycles. The van der Waals surface area contributed by atoms with Crippen LogP contribution in [0, 0.1) is 13.8 Å². The van der Waals surface area contributed by atoms with Gasteiger partial charge in [0.15, 0.2) is 0 Å². The average molecular weight is 343 g/mol. The Morgan fingerprint density at radius 2 is 0.960 bits per heavy atom. The number of rotatable bonds is 4. The summed E-state index contributed by atoms with van der Waals surface area (Å²) >= 11 is 0. The van der Waals surface area contributed by atoms with Gasteiger partial charge in [-0.3, -0.25) is 0 Å². The summed E-state index contributed by atoms with van der Waals surface area (Å²) in [5.41, 5.74) is 14.5. The molecule has 0 unspecified atom stereocenters. The zero-order valence-electron chi connectivity index (χ0n) is 15.7. The lowest BCUT2D eigenvalue weighted by atomic mass is 9.89. The Morgan fingerprint density at radius 3 is 1.28 bits per heavy atom. The van der Waals surface area contributed by atoms with Gasteiger partial charge in [0, 0.05) is 0 Å². The minimum Gasteiger partial charge on any atom is -0.0906 e. The maximum absolute atomic E-state index is 4.41. The topological polar surface area (TPSA) is 0 Å². The SMILES string of the molecule is C=C(C1=C[Si](C)(C)C=C1C(=C)c1ccc(C)cc1)c1ccc(C)cc1. The molecule has 0 aliphatic carbocycles. The molecule has 3 rings (SSSR count). The molecule has 2 aromatic carbocycles. The van der Waals surface area contributed by atoms with E-state index in [1.807, 2.05) is 0 Å². The summed E-state index contributed by atoms with van der Waals surface area (Å²) in [4.78, 5) is 0. The molecule has 0 N–H and O–H groups in total. The van der Waals surface area contributed by atoms with Gasteiger partial charge in [-0.1, -0.05) is 97.3 Å². The second-order valence-electron chi connectivity index (χ2n) is 7.63. The lowest BCUT2D eigenvalue weighted by molar-refractivity contribution is 1.44. The lowest BCUT2D eigenvalue weighted by Crippen LogP contribution is -2.16. The Kier molecular flexibility index (Phi) is 4.53. The molecule has 2 aromatic rings. The summed E-state index contributed by atoms with van der Waals surface area (Å²) in [5.74, 6) is 0. The largest absolute Gasteiger partial charge is 0.0969 e. The van der Waals surface area contributed by atoms with Crippen molar-refractivity contribution in [1.29, 1.82) is 0 Å². The third-order valence-corrected chi connectivity index (χ3v) is 6.84. The lowest BCUT2D eigenvalue weighted by Gasteiger charge is -2.15. The van der Waals surface area contributed by atoms with Gasteiger partial charge in [-0.2, -0.15) is 0 Å². The molecule has 0 bridgehead atoms. The molecular weight excluding hydrogens is 316 g/mol. The van der Waals surface area contributed by atoms with Crippen molar-refractivity contribution in [2.45, 2.75) is 26.9 Å². The van der Waals surface area contributed by atoms with Gasteiger partial charge >= 0.3 is 0 Å². The van der Waals surface area contributed by atoms with E-state index < -0.39 is 8.07 Å². The van der Waals surface area contributed by atoms with E-state index in [4.69, 9.17) is 0 Å². The Hall–Kier alpha value is -2.38. The highest BCUT2D eigenvalue weighted by molar-refractivity contribution is 6.88. The normalized spacial score (nSPS) is 15.5. The van der Waals surface area contributed by atoms with Crippen molar-refractivity contribution in [1.82, 2.24) is 0 Å². The molecule has 1 heterocycles. The maximum atomic E-state index is 4.41. The van der Waals surface area contributed by atoms with Crippen molar-refractivity contribution >= 4 is 19.2 Å². The molecule has 0 saturated carbocycles. The Labute approximate surface area is 152 Å². The molecule has 0 saturated heterocycles. The zero-order chi connectivity index (χ0) is 18.2. The van der Waals surface area contributed by atoms with Crippen LogP contribution in [-0.4, -0.2) is 8.07 Å². The predicted molar refractivity (Wildman–Crippen MR) is 114 cm³/mol. The van der Waals surface area contributed by atoms with Crippen molar-refractivity contribution in [3.05, 3.63) is 106 Å². The van der Waals surface area contributed by atoms with Crippen molar-refractivity contribution in [2.24, 2.45) is 0 Å². The summed E-state index contributed by atoms with van der Waals surface area (Å²) in [7, 11) is -1.53. The molecule has 0 spiro atoms. The second kappa shape index (κ2) is 6.49. The maximum Gasteiger partial charge on any atom is 0.0969 e. The van der Waals surface area contributed by atoms with Gasteiger partial charge in [-0.15, -0.1) is 0 Å². The van der Waals surface area contributed by atoms with Crippen LogP contribution >= 0.6 is 0 Å². The van der Waals surface area contributed by atoms with Gasteiger partial charge in [0.05, 0.1) is 8.07 Å². The first kappa shape index (κ1) is 17.4. The number of hydrogen-bond donors (Lipinski definition) is 0. The average Bonchev–Trinajstić information content (AvgIpc) is 2.91. The van der Waals surface area contributed by atoms with Crippen LogP contribution in [0.4, 0.5) is 0 Å². The fourth-order valence-corrected chi connectivity index (χ4v) is 5.49. The van der Waals surface area contributed by atoms with Gasteiger partial charge in [0.2, 0.25) is 0 Å². The number of allylic oxidation sites excluding steroid dienone is 4. The second-order valence-corrected chi connectivity index (χ2v) is 11.8. The van der Waals surface area contributed by atoms with Crippen LogP contribution in [0.5, 0.6) is 0 Å². The van der Waals surface area contributed by atoms with Crippen LogP contribution in [0.2, 0.25) is 13.1 Å². The smallest absolute Gasteiger partial charge is 0.0906 e. The summed E-state index contributed by atoms with van der Waals surface area (Å²) < 4.78 is 0. The molecular formula is C24H26Si. The standard InChI is InChI=1S/C24H26Si/c1-17-7-11-21(12-8-17)19(3)23-15-25(5,6)16-24(23)20(4)22-13-9-18(2)10-14-22/h7-16H,3-4H2,1-2,5-6H3. The Morgan fingerprint density at radius 1 is 0.640 bits per heavy atom. The molecule has 1 aliphatic heterocycles. The molecule has 1 aliphatic rings. The van der Waals surface area contributed by atoms with Crippen LogP contribution in [0.1, 0.15) is 22.3 Å². The van der Waals surface area contributed by atoms with Crippen molar-refractivity contribution in [2.75, 3.05) is 0 Å². The van der Waals surface area contributed by atoms with Crippen LogP contribution in [0.3, 0.4) is 0 Å². The highest BCUT2D eigenvalue weighted by Gasteiger charge is 2.28. The third kappa shape index (κ3) is 3.67. The van der Waals surface area contributed by atoms with E-state index in [1.165, 1.54) is 33.4 Å². The summed E-state index contributed by atoms with van der Waals surface area (Å²) in [6.45, 7) is 17.8. The minimum absolute atomic E-state index is 1.09. The van der Waals surface area contributed by atoms with Crippen LogP contribution in [0.15, 0.2) is 84.2 Å². The van der Waals surface area contributed by atoms with E-state index >= 15 is 0 Å². The van der Waals surface area contributed by atoms with E-state index in [0.29, 0.717) is 0 Å². The fraction of sp³-hybridized carbons (Fsp3) is 0.167. The van der Waals surface area contributed by atoms with Crippen LogP contribution in [0.25, 0.3) is 11.1 Å². The van der Waals surface area contributed by atoms with Crippen LogP contribution < -0.4 is 0 Å². The number of hydrogen-bond acceptors (Lipinski definition) is 0. The highest BCUT2D eigenvalue weighted by Crippen LogP contribution is 2.40. The van der Waals surface area contributed by atoms with Gasteiger partial charge in [0.1, 0.15) is 0 Å². The van der Waals surface area contributed by atoms with E-state index in [0.717, 1.165) is 11.1 Å². The number of aryl methyl sites for hydroxylation is 2. The minimum atomic E-state index is -1.53. The van der Waals surface area contributed by atoms with Gasteiger partial charge in [-0.25, -0.2) is 0 Å². The molecule has 126 valence electrons. The first-order chi connectivity index (χ1) is 11.8. The Bertz CT molecular complexity index is 813. The number of benzene rings is 2. The van der Waals surface area contributed by atoms with Crippen LogP contribution in [-0.2, 0) is 0 Å². The third-order valence-electron chi connectivity index (χ3n) is 4.77. The monoisotopic (exact) mass is 342 g/mol. The molecule has 0 nitrogen and oxygen atoms in total. The molecule has 25 heavy (non-hydrogen) atoms. The van der Waals surface area contributed by atoms with E-state index in [2.05, 4.69) is 100 Å². The molecule has 0 radical (unpaired) electrons. The van der Waals surface area contributed by atoms with Gasteiger partial charge in [-0.05, 0) is 47.3 Å². The van der Waals surface area contributed by atoms with E-state index in [-0.39, 0.29) is 0 Å². The fourth-order valence-electron chi connectivity index (χ4n) is 3.26. The Balaban J connectivity index is 1.99. The van der Waals surface area contributed by atoms with Gasteiger partial charge < -0.3 is 0 Å². The molecule has 0 atom stereocenters. The quantitative estimate of drug-likeness (QED) is 0.543. The zero-order valence-corrected chi connectivity index (χ0v) is 16.7. The van der Waals surface area contributed by atoms with Crippen molar-refractivity contribution in [3.8, 4) is 0 Å². The molecule has 1 heteroatoms. The van der Waals surface area contributed by atoms with Gasteiger partial charge in [0.25, 0.3) is 0 Å².